The molecular weight excluding hydrogens is 526 g/mol. The number of benzene rings is 2. The Hall–Kier alpha value is -4.50. The van der Waals surface area contributed by atoms with Crippen molar-refractivity contribution in [3.63, 3.8) is 0 Å². The van der Waals surface area contributed by atoms with Crippen LogP contribution in [0.3, 0.4) is 0 Å². The van der Waals surface area contributed by atoms with E-state index in [1.165, 1.54) is 12.8 Å². The Bertz CT molecular complexity index is 1900. The molecule has 42 heavy (non-hydrogen) atoms. The smallest absolute Gasteiger partial charge is 0.254 e. The minimum atomic E-state index is -0.445. The van der Waals surface area contributed by atoms with Crippen LogP contribution in [0, 0.1) is 11.8 Å². The number of hydrogen-bond donors (Lipinski definition) is 2. The number of fused-ring (bicyclic) bond motifs is 4. The highest BCUT2D eigenvalue weighted by atomic mass is 16.2. The minimum Gasteiger partial charge on any atom is -0.366 e. The van der Waals surface area contributed by atoms with E-state index in [9.17, 15) is 9.59 Å². The van der Waals surface area contributed by atoms with Gasteiger partial charge >= 0.3 is 0 Å². The number of imidazole rings is 1. The van der Waals surface area contributed by atoms with Crippen LogP contribution in [0.5, 0.6) is 0 Å². The zero-order valence-corrected chi connectivity index (χ0v) is 23.5. The number of primary amides is 1. The first-order valence-corrected chi connectivity index (χ1v) is 14.8. The molecule has 2 saturated carbocycles. The summed E-state index contributed by atoms with van der Waals surface area (Å²) in [6.45, 7) is 1.63. The maximum atomic E-state index is 13.5. The quantitative estimate of drug-likeness (QED) is 0.320. The van der Waals surface area contributed by atoms with E-state index in [-0.39, 0.29) is 18.0 Å². The first kappa shape index (κ1) is 25.2. The Balaban J connectivity index is 1.19. The van der Waals surface area contributed by atoms with Crippen molar-refractivity contribution in [2.24, 2.45) is 30.4 Å². The van der Waals surface area contributed by atoms with Gasteiger partial charge in [-0.25, -0.2) is 9.97 Å². The second kappa shape index (κ2) is 9.25. The number of rotatable bonds is 6. The van der Waals surface area contributed by atoms with Gasteiger partial charge < -0.3 is 25.5 Å². The van der Waals surface area contributed by atoms with E-state index in [1.807, 2.05) is 48.3 Å². The average Bonchev–Trinajstić information content (AvgIpc) is 3.41. The van der Waals surface area contributed by atoms with Gasteiger partial charge in [0, 0.05) is 54.3 Å². The molecule has 3 fully saturated rings. The second-order valence-corrected chi connectivity index (χ2v) is 12.3. The van der Waals surface area contributed by atoms with Crippen LogP contribution in [-0.2, 0) is 13.6 Å². The van der Waals surface area contributed by atoms with E-state index in [4.69, 9.17) is 21.4 Å². The summed E-state index contributed by atoms with van der Waals surface area (Å²) >= 11 is 0. The predicted octanol–water partition coefficient (Wildman–Crippen LogP) is 4.33. The van der Waals surface area contributed by atoms with Crippen molar-refractivity contribution >= 4 is 33.9 Å². The summed E-state index contributed by atoms with van der Waals surface area (Å²) in [6, 6.07) is 19.6. The van der Waals surface area contributed by atoms with Gasteiger partial charge in [-0.1, -0.05) is 12.1 Å². The molecule has 2 bridgehead atoms. The van der Waals surface area contributed by atoms with Gasteiger partial charge in [-0.2, -0.15) is 0 Å². The van der Waals surface area contributed by atoms with Crippen molar-refractivity contribution in [3.05, 3.63) is 71.8 Å². The fourth-order valence-electron chi connectivity index (χ4n) is 7.03. The normalized spacial score (nSPS) is 21.6. The lowest BCUT2D eigenvalue weighted by atomic mass is 10.1. The van der Waals surface area contributed by atoms with Crippen molar-refractivity contribution in [1.29, 1.82) is 0 Å². The number of aromatic nitrogens is 4. The lowest BCUT2D eigenvalue weighted by Gasteiger charge is -2.27. The van der Waals surface area contributed by atoms with Crippen molar-refractivity contribution in [1.82, 2.24) is 24.0 Å². The predicted molar refractivity (Wildman–Crippen MR) is 162 cm³/mol. The van der Waals surface area contributed by atoms with Crippen molar-refractivity contribution in [2.45, 2.75) is 44.3 Å². The van der Waals surface area contributed by atoms with E-state index < -0.39 is 5.91 Å². The molecule has 2 aliphatic carbocycles. The summed E-state index contributed by atoms with van der Waals surface area (Å²) in [5.74, 6) is 1.50. The highest BCUT2D eigenvalue weighted by Gasteiger charge is 2.46. The van der Waals surface area contributed by atoms with E-state index in [0.717, 1.165) is 70.8 Å². The maximum absolute atomic E-state index is 13.5. The van der Waals surface area contributed by atoms with Crippen LogP contribution in [0.2, 0.25) is 0 Å². The monoisotopic (exact) mass is 559 g/mol. The van der Waals surface area contributed by atoms with Gasteiger partial charge in [0.1, 0.15) is 5.65 Å². The summed E-state index contributed by atoms with van der Waals surface area (Å²) in [7, 11) is 2.03. The van der Waals surface area contributed by atoms with Crippen LogP contribution in [-0.4, -0.2) is 54.4 Å². The molecule has 9 nitrogen and oxygen atoms in total. The molecule has 1 saturated heterocycles. The first-order valence-electron chi connectivity index (χ1n) is 14.8. The largest absolute Gasteiger partial charge is 0.366 e. The second-order valence-electron chi connectivity index (χ2n) is 12.3. The summed E-state index contributed by atoms with van der Waals surface area (Å²) in [5, 5.41) is 1.05. The van der Waals surface area contributed by atoms with E-state index in [0.29, 0.717) is 23.0 Å². The van der Waals surface area contributed by atoms with Crippen LogP contribution in [0.15, 0.2) is 60.7 Å². The van der Waals surface area contributed by atoms with Crippen molar-refractivity contribution in [2.75, 3.05) is 6.54 Å². The molecular formula is C33H33N7O2. The molecule has 0 radical (unpaired) electrons. The number of nitrogens with two attached hydrogens (primary N) is 2. The summed E-state index contributed by atoms with van der Waals surface area (Å²) in [5.41, 5.74) is 18.4. The van der Waals surface area contributed by atoms with Crippen LogP contribution in [0.1, 0.15) is 46.4 Å². The zero-order chi connectivity index (χ0) is 28.7. The number of carbonyl (C=O) groups is 2. The molecule has 4 heterocycles. The van der Waals surface area contributed by atoms with Gasteiger partial charge in [-0.15, -0.1) is 0 Å². The Labute approximate surface area is 243 Å². The lowest BCUT2D eigenvalue weighted by Crippen LogP contribution is -2.41. The number of carbonyl (C=O) groups excluding carboxylic acids is 2. The molecule has 3 aliphatic rings. The topological polar surface area (TPSA) is 125 Å². The number of likely N-dealkylation sites (tertiary alicyclic amines) is 1. The Morgan fingerprint density at radius 2 is 1.71 bits per heavy atom. The molecule has 2 aromatic carbocycles. The fraction of sp³-hybridized carbons (Fsp3) is 0.333. The van der Waals surface area contributed by atoms with Crippen LogP contribution >= 0.6 is 0 Å². The average molecular weight is 560 g/mol. The van der Waals surface area contributed by atoms with E-state index >= 15 is 0 Å². The highest BCUT2D eigenvalue weighted by molar-refractivity contribution is 5.98. The van der Waals surface area contributed by atoms with Crippen LogP contribution < -0.4 is 11.5 Å². The standard InChI is InChI=1S/C33H33N7O2/c1-38-26-12-9-22(33(42)40-17-23-10-13-27(40)29(23)34)14-25(26)37-32(38)28-15-21-8-11-24(19-4-6-20(7-5-19)30(35)41)36-31(21)39(28)16-18-2-3-18/h4-9,11-12,14-15,18,23,27,29H,2-3,10,13,16-17,34H2,1H3,(H2,35,41)/t23-,27-,29-/m1/s1. The summed E-state index contributed by atoms with van der Waals surface area (Å²) in [6.07, 6.45) is 4.53. The molecule has 9 heteroatoms. The number of aryl methyl sites for hydroxylation is 1. The Morgan fingerprint density at radius 3 is 2.40 bits per heavy atom. The van der Waals surface area contributed by atoms with Gasteiger partial charge in [0.05, 0.1) is 22.4 Å². The molecule has 3 aromatic heterocycles. The van der Waals surface area contributed by atoms with E-state index in [1.54, 1.807) is 12.1 Å². The molecule has 4 N–H and O–H groups in total. The summed E-state index contributed by atoms with van der Waals surface area (Å²) in [4.78, 5) is 37.2. The molecule has 8 rings (SSSR count). The number of nitrogens with zero attached hydrogens (tertiary/aromatic N) is 5. The molecule has 5 aromatic rings. The van der Waals surface area contributed by atoms with Gasteiger partial charge in [-0.3, -0.25) is 9.59 Å². The zero-order valence-electron chi connectivity index (χ0n) is 23.5. The first-order chi connectivity index (χ1) is 20.4. The fourth-order valence-corrected chi connectivity index (χ4v) is 7.03. The molecule has 1 aliphatic heterocycles. The van der Waals surface area contributed by atoms with Gasteiger partial charge in [-0.05, 0) is 86.1 Å². The van der Waals surface area contributed by atoms with Crippen LogP contribution in [0.4, 0.5) is 0 Å². The minimum absolute atomic E-state index is 0.0511. The molecule has 2 amide bonds. The molecule has 3 atom stereocenters. The number of pyridine rings is 1. The molecule has 212 valence electrons. The SMILES string of the molecule is Cn1c(-c2cc3ccc(-c4ccc(C(N)=O)cc4)nc3n2CC2CC2)nc2cc(C(=O)N3C[C@H]4CC[C@@H]3[C@@H]4N)ccc21. The number of hydrogen-bond acceptors (Lipinski definition) is 5. The maximum Gasteiger partial charge on any atom is 0.254 e. The van der Waals surface area contributed by atoms with Gasteiger partial charge in [0.15, 0.2) is 5.82 Å². The Kier molecular flexibility index (Phi) is 5.56. The third-order valence-electron chi connectivity index (χ3n) is 9.62. The van der Waals surface area contributed by atoms with Crippen molar-refractivity contribution in [3.8, 4) is 22.8 Å². The number of amides is 2. The molecule has 0 unspecified atom stereocenters. The van der Waals surface area contributed by atoms with Crippen LogP contribution in [0.25, 0.3) is 44.8 Å². The third kappa shape index (κ3) is 3.94. The van der Waals surface area contributed by atoms with Gasteiger partial charge in [0.2, 0.25) is 5.91 Å². The highest BCUT2D eigenvalue weighted by Crippen LogP contribution is 2.39. The Morgan fingerprint density at radius 1 is 0.929 bits per heavy atom. The van der Waals surface area contributed by atoms with Crippen molar-refractivity contribution < 1.29 is 9.59 Å². The third-order valence-corrected chi connectivity index (χ3v) is 9.62. The van der Waals surface area contributed by atoms with E-state index in [2.05, 4.69) is 21.3 Å². The van der Waals surface area contributed by atoms with Gasteiger partial charge in [0.25, 0.3) is 5.91 Å². The number of piperidine rings is 1. The molecule has 0 spiro atoms. The lowest BCUT2D eigenvalue weighted by molar-refractivity contribution is 0.0700. The summed E-state index contributed by atoms with van der Waals surface area (Å²) < 4.78 is 4.41.